The molecule has 1 rings (SSSR count). The molecule has 0 aliphatic carbocycles. The Morgan fingerprint density at radius 1 is 1.33 bits per heavy atom. The molecule has 0 radical (unpaired) electrons. The maximum atomic E-state index is 5.91. The number of rotatable bonds is 7. The van der Waals surface area contributed by atoms with E-state index < -0.39 is 0 Å². The van der Waals surface area contributed by atoms with Crippen molar-refractivity contribution >= 4 is 11.4 Å². The summed E-state index contributed by atoms with van der Waals surface area (Å²) in [5.74, 6) is 1.48. The quantitative estimate of drug-likeness (QED) is 0.752. The first-order chi connectivity index (χ1) is 8.58. The van der Waals surface area contributed by atoms with Gasteiger partial charge >= 0.3 is 0 Å². The highest BCUT2D eigenvalue weighted by Crippen LogP contribution is 2.27. The second-order valence-corrected chi connectivity index (χ2v) is 4.96. The number of hydrogen-bond donors (Lipinski definition) is 1. The highest BCUT2D eigenvalue weighted by atomic mass is 16.5. The molecule has 3 heteroatoms. The Bertz CT molecular complexity index is 366. The van der Waals surface area contributed by atoms with Gasteiger partial charge in [-0.3, -0.25) is 0 Å². The number of benzene rings is 1. The van der Waals surface area contributed by atoms with Gasteiger partial charge in [0, 0.05) is 25.3 Å². The van der Waals surface area contributed by atoms with Crippen molar-refractivity contribution in [2.45, 2.75) is 33.6 Å². The molecular formula is C15H26N2O. The van der Waals surface area contributed by atoms with Crippen LogP contribution in [-0.2, 0) is 0 Å². The highest BCUT2D eigenvalue weighted by Gasteiger charge is 2.08. The molecule has 0 aliphatic heterocycles. The van der Waals surface area contributed by atoms with Gasteiger partial charge in [-0.2, -0.15) is 0 Å². The molecule has 1 aromatic rings. The summed E-state index contributed by atoms with van der Waals surface area (Å²) in [6, 6.07) is 6.01. The summed E-state index contributed by atoms with van der Waals surface area (Å²) in [4.78, 5) is 2.26. The maximum absolute atomic E-state index is 5.91. The van der Waals surface area contributed by atoms with Gasteiger partial charge in [-0.15, -0.1) is 0 Å². The van der Waals surface area contributed by atoms with Gasteiger partial charge in [-0.25, -0.2) is 0 Å². The summed E-state index contributed by atoms with van der Waals surface area (Å²) < 4.78 is 5.66. The lowest BCUT2D eigenvalue weighted by atomic mass is 10.1. The summed E-state index contributed by atoms with van der Waals surface area (Å²) in [5, 5.41) is 0. The fourth-order valence-corrected chi connectivity index (χ4v) is 1.80. The third-order valence-electron chi connectivity index (χ3n) is 3.18. The molecule has 2 N–H and O–H groups in total. The van der Waals surface area contributed by atoms with E-state index in [1.54, 1.807) is 0 Å². The molecule has 0 bridgehead atoms. The lowest BCUT2D eigenvalue weighted by Gasteiger charge is -2.23. The monoisotopic (exact) mass is 250 g/mol. The number of nitrogens with two attached hydrogens (primary N) is 1. The lowest BCUT2D eigenvalue weighted by Crippen LogP contribution is -2.23. The van der Waals surface area contributed by atoms with E-state index in [0.29, 0.717) is 18.2 Å². The number of ether oxygens (including phenoxy) is 1. The normalized spacial score (nSPS) is 12.2. The number of nitrogen functional groups attached to an aromatic ring is 1. The molecule has 0 saturated carbocycles. The summed E-state index contributed by atoms with van der Waals surface area (Å²) in [5.41, 5.74) is 7.79. The second kappa shape index (κ2) is 7.14. The molecule has 0 aliphatic rings. The predicted molar refractivity (Wildman–Crippen MR) is 79.4 cm³/mol. The molecule has 0 fully saturated rings. The minimum Gasteiger partial charge on any atom is -0.491 e. The first-order valence-corrected chi connectivity index (χ1v) is 6.81. The Labute approximate surface area is 111 Å². The van der Waals surface area contributed by atoms with E-state index in [2.05, 4.69) is 38.8 Å². The number of hydrogen-bond acceptors (Lipinski definition) is 3. The van der Waals surface area contributed by atoms with Crippen LogP contribution in [0.25, 0.3) is 0 Å². The Balaban J connectivity index is 2.76. The van der Waals surface area contributed by atoms with Crippen molar-refractivity contribution in [3.63, 3.8) is 0 Å². The summed E-state index contributed by atoms with van der Waals surface area (Å²) in [6.07, 6.45) is 2.19. The van der Waals surface area contributed by atoms with Crippen LogP contribution in [0, 0.1) is 5.92 Å². The zero-order valence-electron chi connectivity index (χ0n) is 12.1. The van der Waals surface area contributed by atoms with Crippen molar-refractivity contribution in [2.75, 3.05) is 30.8 Å². The van der Waals surface area contributed by atoms with Crippen LogP contribution in [-0.4, -0.2) is 20.2 Å². The van der Waals surface area contributed by atoms with E-state index in [0.717, 1.165) is 24.4 Å². The largest absolute Gasteiger partial charge is 0.491 e. The Morgan fingerprint density at radius 2 is 2.06 bits per heavy atom. The van der Waals surface area contributed by atoms with E-state index in [1.807, 2.05) is 12.1 Å². The Hall–Kier alpha value is -1.38. The minimum absolute atomic E-state index is 0.688. The average Bonchev–Trinajstić information content (AvgIpc) is 2.37. The first kappa shape index (κ1) is 14.7. The van der Waals surface area contributed by atoms with Crippen LogP contribution in [0.3, 0.4) is 0 Å². The van der Waals surface area contributed by atoms with E-state index in [1.165, 1.54) is 6.42 Å². The third-order valence-corrected chi connectivity index (χ3v) is 3.18. The SMILES string of the molecule is CCCOc1cc(N(C)CC(C)CC)ccc1N. The van der Waals surface area contributed by atoms with Crippen LogP contribution in [0.15, 0.2) is 18.2 Å². The van der Waals surface area contributed by atoms with E-state index >= 15 is 0 Å². The van der Waals surface area contributed by atoms with Crippen LogP contribution in [0.5, 0.6) is 5.75 Å². The molecule has 0 heterocycles. The van der Waals surface area contributed by atoms with Gasteiger partial charge in [0.05, 0.1) is 12.3 Å². The molecular weight excluding hydrogens is 224 g/mol. The molecule has 3 nitrogen and oxygen atoms in total. The standard InChI is InChI=1S/C15H26N2O/c1-5-9-18-15-10-13(7-8-14(15)16)17(4)11-12(3)6-2/h7-8,10,12H,5-6,9,11,16H2,1-4H3. The van der Waals surface area contributed by atoms with Crippen molar-refractivity contribution in [1.82, 2.24) is 0 Å². The van der Waals surface area contributed by atoms with Crippen molar-refractivity contribution in [3.05, 3.63) is 18.2 Å². The molecule has 0 aromatic heterocycles. The molecule has 1 unspecified atom stereocenters. The number of anilines is 2. The zero-order chi connectivity index (χ0) is 13.5. The molecule has 1 atom stereocenters. The molecule has 102 valence electrons. The smallest absolute Gasteiger partial charge is 0.144 e. The van der Waals surface area contributed by atoms with Crippen LogP contribution in [0.1, 0.15) is 33.6 Å². The summed E-state index contributed by atoms with van der Waals surface area (Å²) in [6.45, 7) is 8.34. The Morgan fingerprint density at radius 3 is 2.67 bits per heavy atom. The van der Waals surface area contributed by atoms with Crippen LogP contribution in [0.2, 0.25) is 0 Å². The van der Waals surface area contributed by atoms with Gasteiger partial charge in [-0.05, 0) is 24.5 Å². The van der Waals surface area contributed by atoms with Crippen molar-refractivity contribution < 1.29 is 4.74 Å². The molecule has 1 aromatic carbocycles. The molecule has 18 heavy (non-hydrogen) atoms. The van der Waals surface area contributed by atoms with Crippen LogP contribution in [0.4, 0.5) is 11.4 Å². The average molecular weight is 250 g/mol. The summed E-state index contributed by atoms with van der Waals surface area (Å²) >= 11 is 0. The topological polar surface area (TPSA) is 38.5 Å². The summed E-state index contributed by atoms with van der Waals surface area (Å²) in [7, 11) is 2.11. The minimum atomic E-state index is 0.688. The van der Waals surface area contributed by atoms with Crippen molar-refractivity contribution in [2.24, 2.45) is 5.92 Å². The molecule has 0 spiro atoms. The molecule has 0 saturated heterocycles. The second-order valence-electron chi connectivity index (χ2n) is 4.96. The van der Waals surface area contributed by atoms with E-state index in [4.69, 9.17) is 10.5 Å². The molecule has 0 amide bonds. The van der Waals surface area contributed by atoms with Gasteiger partial charge < -0.3 is 15.4 Å². The lowest BCUT2D eigenvalue weighted by molar-refractivity contribution is 0.319. The van der Waals surface area contributed by atoms with Crippen LogP contribution < -0.4 is 15.4 Å². The van der Waals surface area contributed by atoms with Crippen molar-refractivity contribution in [3.8, 4) is 5.75 Å². The maximum Gasteiger partial charge on any atom is 0.144 e. The fourth-order valence-electron chi connectivity index (χ4n) is 1.80. The fraction of sp³-hybridized carbons (Fsp3) is 0.600. The Kier molecular flexibility index (Phi) is 5.83. The first-order valence-electron chi connectivity index (χ1n) is 6.81. The number of nitrogens with zero attached hydrogens (tertiary/aromatic N) is 1. The van der Waals surface area contributed by atoms with Gasteiger partial charge in [0.2, 0.25) is 0 Å². The van der Waals surface area contributed by atoms with E-state index in [9.17, 15) is 0 Å². The van der Waals surface area contributed by atoms with Gasteiger partial charge in [0.15, 0.2) is 0 Å². The van der Waals surface area contributed by atoms with Gasteiger partial charge in [0.25, 0.3) is 0 Å². The predicted octanol–water partition coefficient (Wildman–Crippen LogP) is 3.54. The van der Waals surface area contributed by atoms with Gasteiger partial charge in [-0.1, -0.05) is 27.2 Å². The van der Waals surface area contributed by atoms with Crippen molar-refractivity contribution in [1.29, 1.82) is 0 Å². The van der Waals surface area contributed by atoms with Crippen LogP contribution >= 0.6 is 0 Å². The third kappa shape index (κ3) is 4.13. The highest BCUT2D eigenvalue weighted by molar-refractivity contribution is 5.62. The van der Waals surface area contributed by atoms with Gasteiger partial charge in [0.1, 0.15) is 5.75 Å². The van der Waals surface area contributed by atoms with E-state index in [-0.39, 0.29) is 0 Å². The zero-order valence-corrected chi connectivity index (χ0v) is 12.1.